The molecule has 3 rings (SSSR count). The maximum absolute atomic E-state index is 5.77. The fourth-order valence-electron chi connectivity index (χ4n) is 2.50. The zero-order valence-corrected chi connectivity index (χ0v) is 16.0. The molecule has 2 aromatic rings. The Bertz CT molecular complexity index is 603. The van der Waals surface area contributed by atoms with Gasteiger partial charge in [-0.05, 0) is 19.8 Å². The summed E-state index contributed by atoms with van der Waals surface area (Å²) < 4.78 is 7.80. The van der Waals surface area contributed by atoms with E-state index in [-0.39, 0.29) is 29.6 Å². The van der Waals surface area contributed by atoms with Gasteiger partial charge in [0.05, 0.1) is 17.8 Å². The Hall–Kier alpha value is -0.870. The second-order valence-corrected chi connectivity index (χ2v) is 6.38. The number of fused-ring (bicyclic) bond motifs is 1. The highest BCUT2D eigenvalue weighted by molar-refractivity contribution is 14.0. The lowest BCUT2D eigenvalue weighted by Gasteiger charge is -2.24. The lowest BCUT2D eigenvalue weighted by Crippen LogP contribution is -2.45. The lowest BCUT2D eigenvalue weighted by molar-refractivity contribution is 0.0243. The Balaban J connectivity index is 0.00000176. The summed E-state index contributed by atoms with van der Waals surface area (Å²) >= 11 is 1.64. The van der Waals surface area contributed by atoms with E-state index in [9.17, 15) is 0 Å². The van der Waals surface area contributed by atoms with Gasteiger partial charge in [-0.25, -0.2) is 4.98 Å². The number of ether oxygens (including phenoxy) is 1. The average molecular weight is 435 g/mol. The van der Waals surface area contributed by atoms with E-state index in [2.05, 4.69) is 27.5 Å². The van der Waals surface area contributed by atoms with E-state index in [1.54, 1.807) is 18.4 Å². The minimum Gasteiger partial charge on any atom is -0.373 e. The summed E-state index contributed by atoms with van der Waals surface area (Å²) in [7, 11) is 1.78. The van der Waals surface area contributed by atoms with Gasteiger partial charge in [0.25, 0.3) is 0 Å². The van der Waals surface area contributed by atoms with Gasteiger partial charge in [-0.1, -0.05) is 0 Å². The van der Waals surface area contributed by atoms with Crippen LogP contribution >= 0.6 is 35.3 Å². The summed E-state index contributed by atoms with van der Waals surface area (Å²) in [6.45, 7) is 4.43. The smallest absolute Gasteiger partial charge is 0.193 e. The number of nitrogens with one attached hydrogen (secondary N) is 2. The van der Waals surface area contributed by atoms with Crippen LogP contribution in [0.25, 0.3) is 4.96 Å². The van der Waals surface area contributed by atoms with E-state index in [4.69, 9.17) is 4.74 Å². The van der Waals surface area contributed by atoms with Crippen LogP contribution in [0, 0.1) is 0 Å². The second kappa shape index (κ2) is 7.60. The zero-order valence-electron chi connectivity index (χ0n) is 12.8. The van der Waals surface area contributed by atoms with Crippen molar-refractivity contribution in [2.24, 2.45) is 4.99 Å². The van der Waals surface area contributed by atoms with Crippen molar-refractivity contribution in [3.8, 4) is 0 Å². The number of hydrogen-bond acceptors (Lipinski definition) is 4. The highest BCUT2D eigenvalue weighted by atomic mass is 127. The average Bonchev–Trinajstić information content (AvgIpc) is 3.15. The first-order valence-corrected chi connectivity index (χ1v) is 8.06. The molecule has 0 bridgehead atoms. The summed E-state index contributed by atoms with van der Waals surface area (Å²) in [6, 6.07) is 0. The Morgan fingerprint density at radius 3 is 3.09 bits per heavy atom. The Morgan fingerprint density at radius 2 is 2.41 bits per heavy atom. The van der Waals surface area contributed by atoms with Gasteiger partial charge in [0.15, 0.2) is 10.9 Å². The lowest BCUT2D eigenvalue weighted by atomic mass is 10.0. The first kappa shape index (κ1) is 17.5. The van der Waals surface area contributed by atoms with Crippen molar-refractivity contribution in [1.29, 1.82) is 0 Å². The zero-order chi connectivity index (χ0) is 14.7. The standard InChI is InChI=1S/C14H21N5OS.HI/c1-14(4-3-6-20-14)10-17-12(15-2)16-8-11-9-19-5-7-21-13(19)18-11;/h5,7,9H,3-4,6,8,10H2,1-2H3,(H2,15,16,17);1H. The van der Waals surface area contributed by atoms with Gasteiger partial charge in [-0.2, -0.15) is 0 Å². The number of rotatable bonds is 4. The number of guanidine groups is 1. The van der Waals surface area contributed by atoms with E-state index in [0.717, 1.165) is 42.6 Å². The molecule has 0 amide bonds. The fourth-order valence-corrected chi connectivity index (χ4v) is 3.22. The van der Waals surface area contributed by atoms with Gasteiger partial charge < -0.3 is 15.4 Å². The molecule has 2 aromatic heterocycles. The van der Waals surface area contributed by atoms with Gasteiger partial charge in [0.2, 0.25) is 0 Å². The molecular weight excluding hydrogens is 413 g/mol. The minimum absolute atomic E-state index is 0. The maximum atomic E-state index is 5.77. The normalized spacial score (nSPS) is 21.8. The monoisotopic (exact) mass is 435 g/mol. The quantitative estimate of drug-likeness (QED) is 0.440. The van der Waals surface area contributed by atoms with Crippen LogP contribution in [0.2, 0.25) is 0 Å². The van der Waals surface area contributed by atoms with E-state index in [0.29, 0.717) is 6.54 Å². The van der Waals surface area contributed by atoms with Gasteiger partial charge in [0, 0.05) is 38.0 Å². The molecule has 22 heavy (non-hydrogen) atoms. The van der Waals surface area contributed by atoms with Crippen LogP contribution in [0.5, 0.6) is 0 Å². The van der Waals surface area contributed by atoms with Crippen molar-refractivity contribution in [2.45, 2.75) is 31.9 Å². The van der Waals surface area contributed by atoms with Crippen LogP contribution in [0.1, 0.15) is 25.5 Å². The van der Waals surface area contributed by atoms with Crippen molar-refractivity contribution >= 4 is 46.2 Å². The summed E-state index contributed by atoms with van der Waals surface area (Å²) in [5, 5.41) is 8.65. The Labute approximate surface area is 151 Å². The molecule has 3 heterocycles. The van der Waals surface area contributed by atoms with Crippen LogP contribution in [-0.4, -0.2) is 41.1 Å². The molecule has 1 saturated heterocycles. The van der Waals surface area contributed by atoms with Crippen molar-refractivity contribution < 1.29 is 4.74 Å². The molecule has 1 aliphatic rings. The number of imidazole rings is 1. The van der Waals surface area contributed by atoms with E-state index in [1.165, 1.54) is 0 Å². The number of aromatic nitrogens is 2. The molecule has 122 valence electrons. The van der Waals surface area contributed by atoms with Gasteiger partial charge in [0.1, 0.15) is 0 Å². The number of hydrogen-bond donors (Lipinski definition) is 2. The van der Waals surface area contributed by atoms with Gasteiger partial charge in [-0.3, -0.25) is 9.39 Å². The molecule has 1 unspecified atom stereocenters. The highest BCUT2D eigenvalue weighted by Gasteiger charge is 2.29. The van der Waals surface area contributed by atoms with Crippen molar-refractivity contribution in [1.82, 2.24) is 20.0 Å². The predicted octanol–water partition coefficient (Wildman–Crippen LogP) is 2.25. The number of nitrogens with zero attached hydrogens (tertiary/aromatic N) is 3. The molecule has 1 atom stereocenters. The largest absolute Gasteiger partial charge is 0.373 e. The number of thiazole rings is 1. The Kier molecular flexibility index (Phi) is 6.04. The summed E-state index contributed by atoms with van der Waals surface area (Å²) in [5.74, 6) is 0.781. The maximum Gasteiger partial charge on any atom is 0.193 e. The summed E-state index contributed by atoms with van der Waals surface area (Å²) in [5.41, 5.74) is 0.933. The number of halogens is 1. The third-order valence-corrected chi connectivity index (χ3v) is 4.50. The molecule has 6 nitrogen and oxygen atoms in total. The molecule has 2 N–H and O–H groups in total. The van der Waals surface area contributed by atoms with E-state index in [1.807, 2.05) is 22.2 Å². The first-order valence-electron chi connectivity index (χ1n) is 7.18. The van der Waals surface area contributed by atoms with E-state index >= 15 is 0 Å². The first-order chi connectivity index (χ1) is 10.2. The molecule has 0 spiro atoms. The van der Waals surface area contributed by atoms with Crippen LogP contribution in [0.3, 0.4) is 0 Å². The van der Waals surface area contributed by atoms with Crippen LogP contribution in [0.4, 0.5) is 0 Å². The van der Waals surface area contributed by atoms with Gasteiger partial charge >= 0.3 is 0 Å². The van der Waals surface area contributed by atoms with Gasteiger partial charge in [-0.15, -0.1) is 35.3 Å². The van der Waals surface area contributed by atoms with Crippen molar-refractivity contribution in [2.75, 3.05) is 20.2 Å². The molecule has 8 heteroatoms. The highest BCUT2D eigenvalue weighted by Crippen LogP contribution is 2.23. The van der Waals surface area contributed by atoms with E-state index < -0.39 is 0 Å². The fraction of sp³-hybridized carbons (Fsp3) is 0.571. The molecule has 1 aliphatic heterocycles. The molecule has 1 fully saturated rings. The second-order valence-electron chi connectivity index (χ2n) is 5.51. The topological polar surface area (TPSA) is 63.0 Å². The van der Waals surface area contributed by atoms with Crippen LogP contribution in [-0.2, 0) is 11.3 Å². The number of aliphatic imine (C=N–C) groups is 1. The van der Waals surface area contributed by atoms with Crippen LogP contribution < -0.4 is 10.6 Å². The summed E-state index contributed by atoms with van der Waals surface area (Å²) in [4.78, 5) is 9.80. The molecule has 0 aliphatic carbocycles. The Morgan fingerprint density at radius 1 is 1.55 bits per heavy atom. The predicted molar refractivity (Wildman–Crippen MR) is 100 cm³/mol. The van der Waals surface area contributed by atoms with Crippen LogP contribution in [0.15, 0.2) is 22.8 Å². The van der Waals surface area contributed by atoms with Crippen molar-refractivity contribution in [3.63, 3.8) is 0 Å². The molecule has 0 saturated carbocycles. The van der Waals surface area contributed by atoms with Crippen molar-refractivity contribution in [3.05, 3.63) is 23.5 Å². The minimum atomic E-state index is -0.0748. The molecule has 0 aromatic carbocycles. The third kappa shape index (κ3) is 4.11. The molecule has 0 radical (unpaired) electrons. The molecular formula is C14H22IN5OS. The summed E-state index contributed by atoms with van der Waals surface area (Å²) in [6.07, 6.45) is 6.28. The SMILES string of the molecule is CN=C(NCc1cn2ccsc2n1)NCC1(C)CCCO1.I. The third-order valence-electron chi connectivity index (χ3n) is 3.73.